The summed E-state index contributed by atoms with van der Waals surface area (Å²) in [4.78, 5) is 0. The number of halogens is 12. The van der Waals surface area contributed by atoms with Crippen molar-refractivity contribution < 1.29 is 85.0 Å². The van der Waals surface area contributed by atoms with Crippen LogP contribution in [-0.2, 0) is 10.1 Å². The molecule has 0 saturated heterocycles. The van der Waals surface area contributed by atoms with Gasteiger partial charge in [-0.05, 0) is 6.42 Å². The van der Waals surface area contributed by atoms with Gasteiger partial charge in [-0.3, -0.25) is 4.55 Å². The van der Waals surface area contributed by atoms with E-state index in [0.717, 1.165) is 19.3 Å². The molecule has 1 N–H and O–H groups in total. The molecule has 0 unspecified atom stereocenters. The maximum absolute atomic E-state index is 10.1. The zero-order valence-corrected chi connectivity index (χ0v) is 14.3. The maximum atomic E-state index is 10.1. The normalized spacial score (nSPS) is 11.5. The van der Waals surface area contributed by atoms with Gasteiger partial charge in [-0.25, -0.2) is 0 Å². The average Bonchev–Trinajstić information content (AvgIpc) is 2.15. The number of hydrogen-bond acceptors (Lipinski definition) is 2. The van der Waals surface area contributed by atoms with Crippen molar-refractivity contribution in [2.24, 2.45) is 0 Å². The van der Waals surface area contributed by atoms with Gasteiger partial charge in [0.15, 0.2) is 0 Å². The first kappa shape index (κ1) is 36.7. The van der Waals surface area contributed by atoms with Crippen molar-refractivity contribution in [3.8, 4) is 0 Å². The Morgan fingerprint density at radius 1 is 0.692 bits per heavy atom. The smallest absolute Gasteiger partial charge is 1.00 e. The van der Waals surface area contributed by atoms with E-state index in [1.165, 1.54) is 0 Å². The molecule has 0 bridgehead atoms. The third-order valence-corrected chi connectivity index (χ3v) is 2.06. The van der Waals surface area contributed by atoms with E-state index in [4.69, 9.17) is 4.55 Å². The van der Waals surface area contributed by atoms with Crippen LogP contribution >= 0.6 is 0 Å². The van der Waals surface area contributed by atoms with Gasteiger partial charge in [-0.1, -0.05) is 26.2 Å². The Morgan fingerprint density at radius 3 is 1.08 bits per heavy atom. The molecule has 0 rings (SSSR count). The molecule has 0 aromatic rings. The maximum Gasteiger partial charge on any atom is 1.00 e. The molecular weight excluding hydrogens is 419 g/mol. The standard InChI is InChI=1S/C6H14O3S.3BF4.Li.H/c1-2-3-4-5-6-10(7,8)9;3*2-1(3,4)5;;/h2-6H2,1H3,(H,7,8,9);;;;;/q;3*-1;+1;-1. The molecule has 20 heteroatoms. The topological polar surface area (TPSA) is 54.4 Å². The zero-order chi connectivity index (χ0) is 21.5. The van der Waals surface area contributed by atoms with Crippen molar-refractivity contribution in [3.63, 3.8) is 0 Å². The molecule has 0 atom stereocenters. The minimum absolute atomic E-state index is 0. The molecule has 0 radical (unpaired) electrons. The largest absolute Gasteiger partial charge is 1.00 e. The SMILES string of the molecule is CCCCCCS(=O)(=O)O.F[B-](F)(F)F.F[B-](F)(F)F.F[B-](F)(F)F.[H-].[Li+]. The van der Waals surface area contributed by atoms with Crippen LogP contribution in [0.15, 0.2) is 0 Å². The van der Waals surface area contributed by atoms with Gasteiger partial charge in [0.1, 0.15) is 0 Å². The molecule has 0 aromatic carbocycles. The van der Waals surface area contributed by atoms with Crippen LogP contribution in [0.1, 0.15) is 34.0 Å². The molecule has 0 spiro atoms. The van der Waals surface area contributed by atoms with Crippen molar-refractivity contribution in [3.05, 3.63) is 0 Å². The summed E-state index contributed by atoms with van der Waals surface area (Å²) in [5, 5.41) is 0. The average molecular weight is 435 g/mol. The van der Waals surface area contributed by atoms with Gasteiger partial charge in [0.25, 0.3) is 10.1 Å². The molecule has 0 fully saturated rings. The van der Waals surface area contributed by atoms with E-state index in [1.807, 2.05) is 6.92 Å². The van der Waals surface area contributed by atoms with Crippen molar-refractivity contribution in [2.75, 3.05) is 5.75 Å². The summed E-state index contributed by atoms with van der Waals surface area (Å²) >= 11 is 0. The van der Waals surface area contributed by atoms with Gasteiger partial charge in [-0.15, -0.1) is 0 Å². The van der Waals surface area contributed by atoms with E-state index in [-0.39, 0.29) is 26.0 Å². The molecule has 0 aliphatic heterocycles. The summed E-state index contributed by atoms with van der Waals surface area (Å²) < 4.78 is 146. The van der Waals surface area contributed by atoms with Gasteiger partial charge >= 0.3 is 40.6 Å². The molecule has 0 saturated carbocycles. The third-order valence-electron chi connectivity index (χ3n) is 1.26. The second-order valence-corrected chi connectivity index (χ2v) is 5.40. The van der Waals surface area contributed by atoms with Gasteiger partial charge in [-0.2, -0.15) is 8.42 Å². The first-order valence-corrected chi connectivity index (χ1v) is 7.74. The van der Waals surface area contributed by atoms with Crippen molar-refractivity contribution in [1.29, 1.82) is 0 Å². The minimum Gasteiger partial charge on any atom is -1.00 e. The van der Waals surface area contributed by atoms with Crippen LogP contribution in [0.3, 0.4) is 0 Å². The van der Waals surface area contributed by atoms with Crippen LogP contribution in [0.25, 0.3) is 0 Å². The number of unbranched alkanes of at least 4 members (excludes halogenated alkanes) is 3. The third kappa shape index (κ3) is 265. The molecule has 0 heterocycles. The molecule has 26 heavy (non-hydrogen) atoms. The summed E-state index contributed by atoms with van der Waals surface area (Å²) in [6, 6.07) is 0. The summed E-state index contributed by atoms with van der Waals surface area (Å²) in [5.41, 5.74) is 0. The minimum atomic E-state index is -6.00. The molecule has 3 nitrogen and oxygen atoms in total. The fraction of sp³-hybridized carbons (Fsp3) is 1.00. The van der Waals surface area contributed by atoms with Gasteiger partial charge in [0.05, 0.1) is 5.75 Å². The van der Waals surface area contributed by atoms with Gasteiger partial charge < -0.3 is 53.2 Å². The van der Waals surface area contributed by atoms with E-state index >= 15 is 0 Å². The van der Waals surface area contributed by atoms with Crippen molar-refractivity contribution in [2.45, 2.75) is 32.6 Å². The summed E-state index contributed by atoms with van der Waals surface area (Å²) in [7, 11) is -21.7. The second-order valence-electron chi connectivity index (χ2n) is 3.83. The zero-order valence-electron chi connectivity index (χ0n) is 14.5. The summed E-state index contributed by atoms with van der Waals surface area (Å²) in [6.07, 6.45) is 3.57. The van der Waals surface area contributed by atoms with E-state index in [9.17, 15) is 60.2 Å². The fourth-order valence-corrected chi connectivity index (χ4v) is 1.28. The molecule has 0 amide bonds. The monoisotopic (exact) mass is 435 g/mol. The Labute approximate surface area is 156 Å². The number of hydrogen-bond donors (Lipinski definition) is 1. The summed E-state index contributed by atoms with van der Waals surface area (Å²) in [5.74, 6) is -0.0903. The van der Waals surface area contributed by atoms with Crippen LogP contribution < -0.4 is 18.9 Å². The van der Waals surface area contributed by atoms with Crippen LogP contribution in [0.4, 0.5) is 51.8 Å². The van der Waals surface area contributed by atoms with Crippen LogP contribution in [0.5, 0.6) is 0 Å². The predicted molar refractivity (Wildman–Crippen MR) is 72.2 cm³/mol. The van der Waals surface area contributed by atoms with E-state index < -0.39 is 31.9 Å². The molecule has 0 aliphatic rings. The Hall–Kier alpha value is -0.138. The Morgan fingerprint density at radius 2 is 0.923 bits per heavy atom. The summed E-state index contributed by atoms with van der Waals surface area (Å²) in [6.45, 7) is 2.05. The van der Waals surface area contributed by atoms with E-state index in [2.05, 4.69) is 0 Å². The van der Waals surface area contributed by atoms with Crippen LogP contribution in [0, 0.1) is 0 Å². The first-order valence-electron chi connectivity index (χ1n) is 6.13. The van der Waals surface area contributed by atoms with Crippen molar-refractivity contribution >= 4 is 31.9 Å². The Balaban J connectivity index is -0.0000000564. The second kappa shape index (κ2) is 17.0. The van der Waals surface area contributed by atoms with E-state index in [0.29, 0.717) is 6.42 Å². The first-order chi connectivity index (χ1) is 10.6. The molecule has 160 valence electrons. The van der Waals surface area contributed by atoms with Crippen molar-refractivity contribution in [1.82, 2.24) is 0 Å². The molecular formula is C6H15B3F12LiO3S-3. The van der Waals surface area contributed by atoms with Crippen LogP contribution in [-0.4, -0.2) is 40.5 Å². The molecule has 0 aliphatic carbocycles. The number of rotatable bonds is 5. The fourth-order valence-electron chi connectivity index (χ4n) is 0.711. The quantitative estimate of drug-likeness (QED) is 0.313. The predicted octanol–water partition coefficient (Wildman–Crippen LogP) is 2.47. The van der Waals surface area contributed by atoms with E-state index in [1.54, 1.807) is 0 Å². The Bertz CT molecular complexity index is 358. The van der Waals surface area contributed by atoms with Crippen LogP contribution in [0.2, 0.25) is 0 Å². The van der Waals surface area contributed by atoms with Gasteiger partial charge in [0, 0.05) is 0 Å². The molecule has 0 aromatic heterocycles. The van der Waals surface area contributed by atoms with Gasteiger partial charge in [0.2, 0.25) is 0 Å². The Kier molecular flexibility index (Phi) is 24.0.